The highest BCUT2D eigenvalue weighted by atomic mass is 127. The van der Waals surface area contributed by atoms with Crippen molar-refractivity contribution in [2.45, 2.75) is 6.92 Å². The molecule has 20 heavy (non-hydrogen) atoms. The van der Waals surface area contributed by atoms with Crippen molar-refractivity contribution in [1.29, 1.82) is 0 Å². The summed E-state index contributed by atoms with van der Waals surface area (Å²) in [5.41, 5.74) is 2.01. The highest BCUT2D eigenvalue weighted by Gasteiger charge is 2.10. The van der Waals surface area contributed by atoms with Crippen LogP contribution in [0.2, 0.25) is 0 Å². The summed E-state index contributed by atoms with van der Waals surface area (Å²) < 4.78 is 0.964. The Morgan fingerprint density at radius 3 is 2.50 bits per heavy atom. The van der Waals surface area contributed by atoms with Crippen LogP contribution in [0.15, 0.2) is 42.5 Å². The van der Waals surface area contributed by atoms with E-state index in [0.717, 1.165) is 9.13 Å². The Morgan fingerprint density at radius 1 is 1.10 bits per heavy atom. The minimum absolute atomic E-state index is 0.147. The summed E-state index contributed by atoms with van der Waals surface area (Å²) in [5, 5.41) is 11.7. The van der Waals surface area contributed by atoms with Crippen molar-refractivity contribution in [3.63, 3.8) is 0 Å². The number of carboxylic acid groups (broad SMARTS) is 1. The number of hydrogen-bond acceptors (Lipinski definition) is 2. The van der Waals surface area contributed by atoms with Crippen molar-refractivity contribution in [3.8, 4) is 0 Å². The number of carbonyl (C=O) groups excluding carboxylic acids is 1. The van der Waals surface area contributed by atoms with Crippen molar-refractivity contribution < 1.29 is 14.7 Å². The number of nitrogens with one attached hydrogen (secondary N) is 1. The standard InChI is InChI=1S/C15H12INO3/c1-9-5-6-11(15(19)20)8-13(9)17-14(18)10-3-2-4-12(16)7-10/h2-8H,1H3,(H,17,18)(H,19,20). The first kappa shape index (κ1) is 14.5. The van der Waals surface area contributed by atoms with Crippen LogP contribution < -0.4 is 5.32 Å². The predicted octanol–water partition coefficient (Wildman–Crippen LogP) is 3.55. The first-order chi connectivity index (χ1) is 9.47. The molecule has 0 spiro atoms. The van der Waals surface area contributed by atoms with E-state index in [2.05, 4.69) is 27.9 Å². The van der Waals surface area contributed by atoms with E-state index >= 15 is 0 Å². The number of aryl methyl sites for hydroxylation is 1. The number of hydrogen-bond donors (Lipinski definition) is 2. The van der Waals surface area contributed by atoms with E-state index in [1.165, 1.54) is 12.1 Å². The van der Waals surface area contributed by atoms with E-state index in [0.29, 0.717) is 11.3 Å². The molecule has 0 saturated carbocycles. The van der Waals surface area contributed by atoms with Gasteiger partial charge in [0, 0.05) is 14.8 Å². The van der Waals surface area contributed by atoms with Crippen LogP contribution in [-0.4, -0.2) is 17.0 Å². The predicted molar refractivity (Wildman–Crippen MR) is 85.3 cm³/mol. The molecule has 0 aliphatic heterocycles. The van der Waals surface area contributed by atoms with Gasteiger partial charge in [-0.3, -0.25) is 4.79 Å². The lowest BCUT2D eigenvalue weighted by molar-refractivity contribution is 0.0696. The lowest BCUT2D eigenvalue weighted by atomic mass is 10.1. The highest BCUT2D eigenvalue weighted by Crippen LogP contribution is 2.18. The van der Waals surface area contributed by atoms with Crippen LogP contribution in [0.5, 0.6) is 0 Å². The van der Waals surface area contributed by atoms with Crippen molar-refractivity contribution >= 4 is 40.2 Å². The average Bonchev–Trinajstić information content (AvgIpc) is 2.41. The summed E-state index contributed by atoms with van der Waals surface area (Å²) in [6, 6.07) is 11.8. The monoisotopic (exact) mass is 381 g/mol. The molecule has 0 aliphatic carbocycles. The van der Waals surface area contributed by atoms with Crippen LogP contribution in [0.3, 0.4) is 0 Å². The Kier molecular flexibility index (Phi) is 4.39. The Morgan fingerprint density at radius 2 is 1.85 bits per heavy atom. The average molecular weight is 381 g/mol. The fourth-order valence-electron chi connectivity index (χ4n) is 1.71. The van der Waals surface area contributed by atoms with Crippen LogP contribution in [0.4, 0.5) is 5.69 Å². The lowest BCUT2D eigenvalue weighted by Crippen LogP contribution is -2.13. The van der Waals surface area contributed by atoms with Gasteiger partial charge in [0.05, 0.1) is 5.56 Å². The molecule has 0 unspecified atom stereocenters. The van der Waals surface area contributed by atoms with Crippen LogP contribution >= 0.6 is 22.6 Å². The van der Waals surface area contributed by atoms with Gasteiger partial charge in [0.2, 0.25) is 0 Å². The Bertz CT molecular complexity index is 683. The molecule has 0 aliphatic rings. The number of amides is 1. The van der Waals surface area contributed by atoms with Gasteiger partial charge in [-0.25, -0.2) is 4.79 Å². The Balaban J connectivity index is 2.27. The topological polar surface area (TPSA) is 66.4 Å². The Labute approximate surface area is 130 Å². The molecule has 2 rings (SSSR count). The van der Waals surface area contributed by atoms with Gasteiger partial charge in [-0.2, -0.15) is 0 Å². The molecule has 102 valence electrons. The molecule has 0 saturated heterocycles. The van der Waals surface area contributed by atoms with Gasteiger partial charge in [-0.15, -0.1) is 0 Å². The number of carboxylic acids is 1. The van der Waals surface area contributed by atoms with E-state index in [1.807, 2.05) is 13.0 Å². The minimum atomic E-state index is -1.02. The van der Waals surface area contributed by atoms with Gasteiger partial charge in [0.15, 0.2) is 0 Å². The number of aromatic carboxylic acids is 1. The smallest absolute Gasteiger partial charge is 0.335 e. The third kappa shape index (κ3) is 3.36. The lowest BCUT2D eigenvalue weighted by Gasteiger charge is -2.09. The molecule has 5 heteroatoms. The van der Waals surface area contributed by atoms with Crippen LogP contribution in [0.25, 0.3) is 0 Å². The molecule has 0 heterocycles. The van der Waals surface area contributed by atoms with E-state index in [-0.39, 0.29) is 11.5 Å². The second kappa shape index (κ2) is 6.04. The zero-order valence-corrected chi connectivity index (χ0v) is 12.8. The zero-order valence-electron chi connectivity index (χ0n) is 10.7. The first-order valence-corrected chi connectivity index (χ1v) is 6.96. The summed E-state index contributed by atoms with van der Waals surface area (Å²) >= 11 is 2.13. The molecule has 0 aromatic heterocycles. The molecule has 0 radical (unpaired) electrons. The second-order valence-electron chi connectivity index (χ2n) is 4.30. The molecule has 2 N–H and O–H groups in total. The highest BCUT2D eigenvalue weighted by molar-refractivity contribution is 14.1. The largest absolute Gasteiger partial charge is 0.478 e. The number of anilines is 1. The van der Waals surface area contributed by atoms with E-state index in [1.54, 1.807) is 24.3 Å². The third-order valence-corrected chi connectivity index (χ3v) is 3.49. The maximum atomic E-state index is 12.1. The SMILES string of the molecule is Cc1ccc(C(=O)O)cc1NC(=O)c1cccc(I)c1. The van der Waals surface area contributed by atoms with Crippen LogP contribution in [0.1, 0.15) is 26.3 Å². The quantitative estimate of drug-likeness (QED) is 0.800. The number of carbonyl (C=O) groups is 2. The minimum Gasteiger partial charge on any atom is -0.478 e. The summed E-state index contributed by atoms with van der Waals surface area (Å²) in [6.45, 7) is 1.82. The fourth-order valence-corrected chi connectivity index (χ4v) is 2.26. The molecule has 2 aromatic carbocycles. The van der Waals surface area contributed by atoms with Crippen LogP contribution in [0, 0.1) is 10.5 Å². The maximum Gasteiger partial charge on any atom is 0.335 e. The van der Waals surface area contributed by atoms with Crippen molar-refractivity contribution in [2.24, 2.45) is 0 Å². The van der Waals surface area contributed by atoms with E-state index < -0.39 is 5.97 Å². The van der Waals surface area contributed by atoms with E-state index in [4.69, 9.17) is 5.11 Å². The normalized spacial score (nSPS) is 10.1. The molecule has 2 aromatic rings. The molecule has 0 fully saturated rings. The van der Waals surface area contributed by atoms with Gasteiger partial charge in [-0.1, -0.05) is 12.1 Å². The van der Waals surface area contributed by atoms with Crippen LogP contribution in [-0.2, 0) is 0 Å². The van der Waals surface area contributed by atoms with Gasteiger partial charge in [-0.05, 0) is 65.4 Å². The fraction of sp³-hybridized carbons (Fsp3) is 0.0667. The zero-order chi connectivity index (χ0) is 14.7. The van der Waals surface area contributed by atoms with Crippen molar-refractivity contribution in [1.82, 2.24) is 0 Å². The van der Waals surface area contributed by atoms with Gasteiger partial charge >= 0.3 is 5.97 Å². The first-order valence-electron chi connectivity index (χ1n) is 5.88. The van der Waals surface area contributed by atoms with Gasteiger partial charge in [0.1, 0.15) is 0 Å². The summed E-state index contributed by atoms with van der Waals surface area (Å²) in [5.74, 6) is -1.27. The van der Waals surface area contributed by atoms with E-state index in [9.17, 15) is 9.59 Å². The molecule has 0 bridgehead atoms. The summed E-state index contributed by atoms with van der Waals surface area (Å²) in [7, 11) is 0. The molecular weight excluding hydrogens is 369 g/mol. The van der Waals surface area contributed by atoms with Gasteiger partial charge < -0.3 is 10.4 Å². The third-order valence-electron chi connectivity index (χ3n) is 2.82. The summed E-state index contributed by atoms with van der Waals surface area (Å²) in [4.78, 5) is 23.1. The van der Waals surface area contributed by atoms with Crippen molar-refractivity contribution in [3.05, 3.63) is 62.7 Å². The summed E-state index contributed by atoms with van der Waals surface area (Å²) in [6.07, 6.45) is 0. The number of benzene rings is 2. The second-order valence-corrected chi connectivity index (χ2v) is 5.54. The molecule has 0 atom stereocenters. The van der Waals surface area contributed by atoms with Crippen molar-refractivity contribution in [2.75, 3.05) is 5.32 Å². The molecular formula is C15H12INO3. The van der Waals surface area contributed by atoms with Gasteiger partial charge in [0.25, 0.3) is 5.91 Å². The number of halogens is 1. The Hall–Kier alpha value is -1.89. The number of rotatable bonds is 3. The maximum absolute atomic E-state index is 12.1. The molecule has 1 amide bonds. The molecule has 4 nitrogen and oxygen atoms in total.